The lowest BCUT2D eigenvalue weighted by molar-refractivity contribution is -0.928. The fourth-order valence-electron chi connectivity index (χ4n) is 3.08. The van der Waals surface area contributed by atoms with Gasteiger partial charge in [-0.05, 0) is 6.42 Å². The van der Waals surface area contributed by atoms with Gasteiger partial charge in [-0.25, -0.2) is 0 Å². The summed E-state index contributed by atoms with van der Waals surface area (Å²) in [7, 11) is 1.51. The smallest absolute Gasteiger partial charge is 0.323 e. The number of quaternary nitrogens is 1. The van der Waals surface area contributed by atoms with Crippen molar-refractivity contribution in [2.24, 2.45) is 5.92 Å². The minimum atomic E-state index is -5.22. The molecule has 1 nitrogen and oxygen atoms in total. The summed E-state index contributed by atoms with van der Waals surface area (Å²) in [6, 6.07) is -1.40. The predicted molar refractivity (Wildman–Crippen MR) is 54.8 cm³/mol. The van der Waals surface area contributed by atoms with Crippen molar-refractivity contribution in [3.05, 3.63) is 0 Å². The van der Waals surface area contributed by atoms with E-state index in [2.05, 4.69) is 0 Å². The maximum Gasteiger partial charge on any atom is 0.406 e. The van der Waals surface area contributed by atoms with Crippen molar-refractivity contribution in [2.45, 2.75) is 44.6 Å². The topological polar surface area (TPSA) is 0 Å². The minimum Gasteiger partial charge on any atom is -0.323 e. The number of nitrogens with zero attached hydrogens (tertiary/aromatic N) is 1. The monoisotopic (exact) mass is 278 g/mol. The number of halogens is 6. The van der Waals surface area contributed by atoms with Gasteiger partial charge < -0.3 is 4.48 Å². The molecule has 1 aliphatic heterocycles. The van der Waals surface area contributed by atoms with E-state index in [0.29, 0.717) is 25.9 Å². The second-order valence-electron chi connectivity index (χ2n) is 5.20. The fraction of sp³-hybridized carbons (Fsp3) is 1.00. The Morgan fingerprint density at radius 1 is 1.11 bits per heavy atom. The molecule has 1 fully saturated rings. The van der Waals surface area contributed by atoms with E-state index in [1.165, 1.54) is 7.05 Å². The van der Waals surface area contributed by atoms with Gasteiger partial charge in [-0.3, -0.25) is 0 Å². The summed E-state index contributed by atoms with van der Waals surface area (Å²) < 4.78 is 76.2. The highest BCUT2D eigenvalue weighted by Gasteiger charge is 2.65. The van der Waals surface area contributed by atoms with Gasteiger partial charge in [0.05, 0.1) is 20.1 Å². The molecule has 1 aliphatic rings. The molecule has 0 N–H and O–H groups in total. The van der Waals surface area contributed by atoms with Gasteiger partial charge in [-0.2, -0.15) is 26.3 Å². The van der Waals surface area contributed by atoms with Crippen LogP contribution in [0.5, 0.6) is 0 Å². The minimum absolute atomic E-state index is 0.0137. The highest BCUT2D eigenvalue weighted by atomic mass is 19.4. The average Bonchev–Trinajstić information content (AvgIpc) is 2.43. The summed E-state index contributed by atoms with van der Waals surface area (Å²) in [4.78, 5) is 0. The molecule has 0 aromatic carbocycles. The van der Waals surface area contributed by atoms with Crippen LogP contribution in [-0.4, -0.2) is 43.0 Å². The highest BCUT2D eigenvalue weighted by molar-refractivity contribution is 4.86. The molecule has 18 heavy (non-hydrogen) atoms. The van der Waals surface area contributed by atoms with E-state index < -0.39 is 24.3 Å². The zero-order valence-corrected chi connectivity index (χ0v) is 10.4. The normalized spacial score (nSPS) is 30.2. The van der Waals surface area contributed by atoms with Crippen LogP contribution in [0.3, 0.4) is 0 Å². The lowest BCUT2D eigenvalue weighted by Crippen LogP contribution is -2.58. The van der Waals surface area contributed by atoms with E-state index in [9.17, 15) is 26.3 Å². The van der Waals surface area contributed by atoms with Crippen LogP contribution in [0.2, 0.25) is 0 Å². The Balaban J connectivity index is 3.06. The molecule has 0 aromatic rings. The SMILES string of the molecule is CCC[N+]1(C)CCCC1C(C(F)(F)F)C(F)(F)F. The van der Waals surface area contributed by atoms with Crippen molar-refractivity contribution < 1.29 is 30.8 Å². The second kappa shape index (κ2) is 4.90. The Morgan fingerprint density at radius 3 is 2.00 bits per heavy atom. The van der Waals surface area contributed by atoms with Crippen molar-refractivity contribution in [1.29, 1.82) is 0 Å². The number of hydrogen-bond donors (Lipinski definition) is 0. The van der Waals surface area contributed by atoms with Gasteiger partial charge in [0.1, 0.15) is 6.04 Å². The molecule has 1 saturated heterocycles. The largest absolute Gasteiger partial charge is 0.406 e. The van der Waals surface area contributed by atoms with E-state index in [1.807, 2.05) is 0 Å². The highest BCUT2D eigenvalue weighted by Crippen LogP contribution is 2.47. The Bertz CT molecular complexity index is 270. The number of likely N-dealkylation sites (tertiary alicyclic amines) is 1. The summed E-state index contributed by atoms with van der Waals surface area (Å²) >= 11 is 0. The number of hydrogen-bond acceptors (Lipinski definition) is 0. The second-order valence-corrected chi connectivity index (χ2v) is 5.20. The zero-order valence-electron chi connectivity index (χ0n) is 10.4. The number of alkyl halides is 6. The third kappa shape index (κ3) is 3.10. The van der Waals surface area contributed by atoms with E-state index in [1.54, 1.807) is 6.92 Å². The van der Waals surface area contributed by atoms with Crippen LogP contribution in [0.25, 0.3) is 0 Å². The van der Waals surface area contributed by atoms with Crippen LogP contribution in [0, 0.1) is 5.92 Å². The van der Waals surface area contributed by atoms with E-state index >= 15 is 0 Å². The lowest BCUT2D eigenvalue weighted by Gasteiger charge is -2.41. The predicted octanol–water partition coefficient (Wildman–Crippen LogP) is 3.75. The van der Waals surface area contributed by atoms with Crippen molar-refractivity contribution >= 4 is 0 Å². The molecule has 2 unspecified atom stereocenters. The third-order valence-electron chi connectivity index (χ3n) is 3.79. The maximum atomic E-state index is 12.7. The molecule has 0 saturated carbocycles. The van der Waals surface area contributed by atoms with Crippen LogP contribution < -0.4 is 0 Å². The van der Waals surface area contributed by atoms with Gasteiger partial charge in [0, 0.05) is 12.8 Å². The van der Waals surface area contributed by atoms with Crippen LogP contribution in [0.15, 0.2) is 0 Å². The van der Waals surface area contributed by atoms with Crippen molar-refractivity contribution in [3.63, 3.8) is 0 Å². The van der Waals surface area contributed by atoms with Gasteiger partial charge in [0.2, 0.25) is 5.92 Å². The molecule has 0 aliphatic carbocycles. The molecule has 0 spiro atoms. The van der Waals surface area contributed by atoms with Gasteiger partial charge in [-0.1, -0.05) is 6.92 Å². The summed E-state index contributed by atoms with van der Waals surface area (Å²) in [6.07, 6.45) is -9.46. The van der Waals surface area contributed by atoms with Crippen LogP contribution in [-0.2, 0) is 0 Å². The zero-order chi connectivity index (χ0) is 14.2. The molecule has 0 radical (unpaired) electrons. The average molecular weight is 278 g/mol. The molecular weight excluding hydrogens is 260 g/mol. The standard InChI is InChI=1S/C11H18F6N/c1-3-6-18(2)7-4-5-8(18)9(10(12,13)14)11(15,16)17/h8-9H,3-7H2,1-2H3/q+1. The van der Waals surface area contributed by atoms with Crippen LogP contribution in [0.4, 0.5) is 26.3 Å². The van der Waals surface area contributed by atoms with Gasteiger partial charge in [0.15, 0.2) is 0 Å². The fourth-order valence-corrected chi connectivity index (χ4v) is 3.08. The molecule has 0 aromatic heterocycles. The molecule has 0 bridgehead atoms. The Kier molecular flexibility index (Phi) is 4.25. The van der Waals surface area contributed by atoms with Crippen LogP contribution >= 0.6 is 0 Å². The van der Waals surface area contributed by atoms with Gasteiger partial charge in [-0.15, -0.1) is 0 Å². The Hall–Kier alpha value is -0.460. The molecule has 108 valence electrons. The molecule has 2 atom stereocenters. The first kappa shape index (κ1) is 15.6. The summed E-state index contributed by atoms with van der Waals surface area (Å²) in [5.74, 6) is -3.20. The molecule has 1 heterocycles. The first-order valence-corrected chi connectivity index (χ1v) is 6.00. The molecule has 7 heteroatoms. The van der Waals surface area contributed by atoms with Crippen LogP contribution in [0.1, 0.15) is 26.2 Å². The summed E-state index contributed by atoms with van der Waals surface area (Å²) in [5.41, 5.74) is 0. The lowest BCUT2D eigenvalue weighted by atomic mass is 9.94. The van der Waals surface area contributed by atoms with E-state index in [0.717, 1.165) is 0 Å². The Morgan fingerprint density at radius 2 is 1.61 bits per heavy atom. The van der Waals surface area contributed by atoms with Gasteiger partial charge >= 0.3 is 12.4 Å². The third-order valence-corrected chi connectivity index (χ3v) is 3.79. The van der Waals surface area contributed by atoms with Crippen molar-refractivity contribution in [1.82, 2.24) is 0 Å². The van der Waals surface area contributed by atoms with Crippen molar-refractivity contribution in [2.75, 3.05) is 20.1 Å². The first-order valence-electron chi connectivity index (χ1n) is 6.00. The molecular formula is C11H18F6N+. The van der Waals surface area contributed by atoms with Crippen molar-refractivity contribution in [3.8, 4) is 0 Å². The quantitative estimate of drug-likeness (QED) is 0.545. The summed E-state index contributed by atoms with van der Waals surface area (Å²) in [6.45, 7) is 2.52. The molecule has 1 rings (SSSR count). The van der Waals surface area contributed by atoms with Gasteiger partial charge in [0.25, 0.3) is 0 Å². The first-order chi connectivity index (χ1) is 8.02. The van der Waals surface area contributed by atoms with E-state index in [4.69, 9.17) is 0 Å². The van der Waals surface area contributed by atoms with E-state index in [-0.39, 0.29) is 10.9 Å². The molecule has 0 amide bonds. The number of rotatable bonds is 3. The Labute approximate surface area is 102 Å². The summed E-state index contributed by atoms with van der Waals surface area (Å²) in [5, 5.41) is 0. The maximum absolute atomic E-state index is 12.7.